The normalized spacial score (nSPS) is 24.6. The van der Waals surface area contributed by atoms with E-state index in [1.165, 1.54) is 0 Å². The number of hydrogen-bond acceptors (Lipinski definition) is 5. The molecule has 0 radical (unpaired) electrons. The highest BCUT2D eigenvalue weighted by atomic mass is 32.2. The van der Waals surface area contributed by atoms with Crippen LogP contribution >= 0.6 is 0 Å². The van der Waals surface area contributed by atoms with E-state index < -0.39 is 10.1 Å². The first-order valence-corrected chi connectivity index (χ1v) is 10.3. The van der Waals surface area contributed by atoms with Crippen molar-refractivity contribution in [1.29, 1.82) is 0 Å². The predicted octanol–water partition coefficient (Wildman–Crippen LogP) is 3.57. The van der Waals surface area contributed by atoms with Crippen LogP contribution in [0.1, 0.15) is 77.0 Å². The molecule has 0 saturated carbocycles. The molecule has 6 heteroatoms. The van der Waals surface area contributed by atoms with E-state index in [0.717, 1.165) is 76.9 Å². The average molecular weight is 334 g/mol. The molecule has 0 N–H and O–H groups in total. The molecule has 130 valence electrons. The minimum Gasteiger partial charge on any atom is -0.466 e. The Bertz CT molecular complexity index is 405. The third kappa shape index (κ3) is 11.0. The second-order valence-electron chi connectivity index (χ2n) is 6.15. The van der Waals surface area contributed by atoms with Crippen molar-refractivity contribution < 1.29 is 22.1 Å². The number of hydrogen-bond donors (Lipinski definition) is 0. The van der Waals surface area contributed by atoms with Gasteiger partial charge in [0.15, 0.2) is 0 Å². The molecule has 1 aliphatic rings. The van der Waals surface area contributed by atoms with E-state index in [0.29, 0.717) is 13.0 Å². The molecule has 0 aromatic rings. The van der Waals surface area contributed by atoms with Gasteiger partial charge in [-0.3, -0.25) is 8.98 Å². The van der Waals surface area contributed by atoms with E-state index in [4.69, 9.17) is 8.92 Å². The molecule has 1 fully saturated rings. The van der Waals surface area contributed by atoms with Gasteiger partial charge < -0.3 is 4.74 Å². The SMILES string of the molecule is CS(=O)(=O)OC1CCCCCCCOC(=O)CCCCCC1. The lowest BCUT2D eigenvalue weighted by Gasteiger charge is -2.16. The summed E-state index contributed by atoms with van der Waals surface area (Å²) < 4.78 is 33.0. The van der Waals surface area contributed by atoms with E-state index >= 15 is 0 Å². The summed E-state index contributed by atoms with van der Waals surface area (Å²) in [6, 6.07) is 0. The smallest absolute Gasteiger partial charge is 0.305 e. The van der Waals surface area contributed by atoms with Crippen molar-refractivity contribution >= 4 is 16.1 Å². The number of carbonyl (C=O) groups excluding carboxylic acids is 1. The lowest BCUT2D eigenvalue weighted by molar-refractivity contribution is -0.143. The minimum atomic E-state index is -3.38. The molecule has 0 bridgehead atoms. The van der Waals surface area contributed by atoms with E-state index in [-0.39, 0.29) is 12.1 Å². The zero-order chi connectivity index (χ0) is 16.3. The molecular formula is C16H30O5S. The van der Waals surface area contributed by atoms with Gasteiger partial charge in [0.05, 0.1) is 19.0 Å². The Labute approximate surface area is 134 Å². The van der Waals surface area contributed by atoms with Crippen LogP contribution in [-0.4, -0.2) is 33.4 Å². The third-order valence-electron chi connectivity index (χ3n) is 3.90. The Morgan fingerprint density at radius 1 is 0.909 bits per heavy atom. The van der Waals surface area contributed by atoms with Crippen molar-refractivity contribution in [3.63, 3.8) is 0 Å². The first-order valence-electron chi connectivity index (χ1n) is 8.51. The summed E-state index contributed by atoms with van der Waals surface area (Å²) in [5.74, 6) is -0.0922. The zero-order valence-electron chi connectivity index (χ0n) is 13.7. The Hall–Kier alpha value is -0.620. The quantitative estimate of drug-likeness (QED) is 0.570. The van der Waals surface area contributed by atoms with Gasteiger partial charge >= 0.3 is 5.97 Å². The fraction of sp³-hybridized carbons (Fsp3) is 0.938. The van der Waals surface area contributed by atoms with E-state index in [1.807, 2.05) is 0 Å². The molecule has 1 saturated heterocycles. The van der Waals surface area contributed by atoms with Crippen LogP contribution in [0.3, 0.4) is 0 Å². The standard InChI is InChI=1S/C16H30O5S/c1-22(18,19)21-15-11-7-3-2-6-10-14-20-16(17)13-9-5-4-8-12-15/h15H,2-14H2,1H3. The van der Waals surface area contributed by atoms with Gasteiger partial charge in [0.2, 0.25) is 0 Å². The first-order chi connectivity index (χ1) is 10.5. The van der Waals surface area contributed by atoms with Crippen LogP contribution in [0, 0.1) is 0 Å². The summed E-state index contributed by atoms with van der Waals surface area (Å²) in [5, 5.41) is 0. The highest BCUT2D eigenvalue weighted by Crippen LogP contribution is 2.18. The van der Waals surface area contributed by atoms with Crippen LogP contribution in [0.5, 0.6) is 0 Å². The Kier molecular flexibility index (Phi) is 9.71. The average Bonchev–Trinajstić information content (AvgIpc) is 2.42. The molecule has 22 heavy (non-hydrogen) atoms. The maximum atomic E-state index is 11.5. The predicted molar refractivity (Wildman–Crippen MR) is 86.1 cm³/mol. The van der Waals surface area contributed by atoms with Gasteiger partial charge in [0.1, 0.15) is 0 Å². The fourth-order valence-corrected chi connectivity index (χ4v) is 3.43. The number of carbonyl (C=O) groups is 1. The van der Waals surface area contributed by atoms with Gasteiger partial charge in [-0.25, -0.2) is 0 Å². The first kappa shape index (κ1) is 19.4. The molecule has 0 amide bonds. The van der Waals surface area contributed by atoms with Crippen LogP contribution in [0.15, 0.2) is 0 Å². The van der Waals surface area contributed by atoms with Gasteiger partial charge in [-0.2, -0.15) is 8.42 Å². The summed E-state index contributed by atoms with van der Waals surface area (Å²) in [6.07, 6.45) is 11.9. The molecule has 1 heterocycles. The maximum Gasteiger partial charge on any atom is 0.305 e. The number of cyclic esters (lactones) is 1. The van der Waals surface area contributed by atoms with Crippen LogP contribution in [0.2, 0.25) is 0 Å². The van der Waals surface area contributed by atoms with Crippen molar-refractivity contribution in [2.45, 2.75) is 83.2 Å². The van der Waals surface area contributed by atoms with Crippen LogP contribution in [-0.2, 0) is 23.8 Å². The Morgan fingerprint density at radius 3 is 2.09 bits per heavy atom. The largest absolute Gasteiger partial charge is 0.466 e. The molecule has 1 unspecified atom stereocenters. The number of esters is 1. The van der Waals surface area contributed by atoms with Gasteiger partial charge in [0, 0.05) is 6.42 Å². The molecule has 0 spiro atoms. The van der Waals surface area contributed by atoms with Gasteiger partial charge in [0.25, 0.3) is 10.1 Å². The van der Waals surface area contributed by atoms with Crippen molar-refractivity contribution in [3.05, 3.63) is 0 Å². The summed E-state index contributed by atoms with van der Waals surface area (Å²) >= 11 is 0. The molecular weight excluding hydrogens is 304 g/mol. The summed E-state index contributed by atoms with van der Waals surface area (Å²) in [5.41, 5.74) is 0. The highest BCUT2D eigenvalue weighted by Gasteiger charge is 2.15. The summed E-state index contributed by atoms with van der Waals surface area (Å²) in [7, 11) is -3.38. The fourth-order valence-electron chi connectivity index (χ4n) is 2.75. The van der Waals surface area contributed by atoms with Crippen LogP contribution < -0.4 is 0 Å². The maximum absolute atomic E-state index is 11.5. The summed E-state index contributed by atoms with van der Waals surface area (Å²) in [6.45, 7) is 0.526. The monoisotopic (exact) mass is 334 g/mol. The minimum absolute atomic E-state index is 0.0922. The lowest BCUT2D eigenvalue weighted by Crippen LogP contribution is -2.17. The summed E-state index contributed by atoms with van der Waals surface area (Å²) in [4.78, 5) is 11.5. The number of rotatable bonds is 2. The Balaban J connectivity index is 2.40. The second kappa shape index (κ2) is 11.0. The molecule has 0 aromatic heterocycles. The van der Waals surface area contributed by atoms with E-state index in [1.54, 1.807) is 0 Å². The van der Waals surface area contributed by atoms with Crippen molar-refractivity contribution in [1.82, 2.24) is 0 Å². The highest BCUT2D eigenvalue weighted by molar-refractivity contribution is 7.86. The van der Waals surface area contributed by atoms with E-state index in [2.05, 4.69) is 0 Å². The zero-order valence-corrected chi connectivity index (χ0v) is 14.5. The van der Waals surface area contributed by atoms with Gasteiger partial charge in [-0.05, 0) is 25.7 Å². The van der Waals surface area contributed by atoms with Crippen molar-refractivity contribution in [2.75, 3.05) is 12.9 Å². The lowest BCUT2D eigenvalue weighted by atomic mass is 10.0. The van der Waals surface area contributed by atoms with Crippen molar-refractivity contribution in [2.24, 2.45) is 0 Å². The topological polar surface area (TPSA) is 69.7 Å². The van der Waals surface area contributed by atoms with E-state index in [9.17, 15) is 13.2 Å². The Morgan fingerprint density at radius 2 is 1.45 bits per heavy atom. The number of ether oxygens (including phenoxy) is 1. The molecule has 5 nitrogen and oxygen atoms in total. The molecule has 0 aromatic carbocycles. The van der Waals surface area contributed by atoms with Crippen molar-refractivity contribution in [3.8, 4) is 0 Å². The van der Waals surface area contributed by atoms with Crippen LogP contribution in [0.4, 0.5) is 0 Å². The molecule has 1 atom stereocenters. The van der Waals surface area contributed by atoms with Gasteiger partial charge in [-0.15, -0.1) is 0 Å². The van der Waals surface area contributed by atoms with Gasteiger partial charge in [-0.1, -0.05) is 44.9 Å². The van der Waals surface area contributed by atoms with Crippen LogP contribution in [0.25, 0.3) is 0 Å². The molecule has 0 aliphatic carbocycles. The molecule has 1 aliphatic heterocycles. The third-order valence-corrected chi connectivity index (χ3v) is 4.52. The second-order valence-corrected chi connectivity index (χ2v) is 7.75. The molecule has 1 rings (SSSR count).